The van der Waals surface area contributed by atoms with Crippen LogP contribution in [0.2, 0.25) is 0 Å². The molecule has 1 aromatic carbocycles. The van der Waals surface area contributed by atoms with E-state index in [0.29, 0.717) is 0 Å². The highest BCUT2D eigenvalue weighted by molar-refractivity contribution is 8.00. The Morgan fingerprint density at radius 2 is 2.11 bits per heavy atom. The molecule has 0 aromatic heterocycles. The van der Waals surface area contributed by atoms with Crippen molar-refractivity contribution in [1.29, 1.82) is 0 Å². The van der Waals surface area contributed by atoms with E-state index in [9.17, 15) is 4.79 Å². The van der Waals surface area contributed by atoms with Gasteiger partial charge in [0.2, 0.25) is 0 Å². The summed E-state index contributed by atoms with van der Waals surface area (Å²) in [5.41, 5.74) is 8.25. The van der Waals surface area contributed by atoms with Crippen LogP contribution in [0, 0.1) is 6.92 Å². The number of hydrogen-bond donors (Lipinski definition) is 1. The smallest absolute Gasteiger partial charge is 0.253 e. The third kappa shape index (κ3) is 3.44. The van der Waals surface area contributed by atoms with Gasteiger partial charge in [-0.15, -0.1) is 0 Å². The Kier molecular flexibility index (Phi) is 4.09. The van der Waals surface area contributed by atoms with Crippen LogP contribution in [0.1, 0.15) is 36.2 Å². The van der Waals surface area contributed by atoms with Crippen LogP contribution in [0.3, 0.4) is 0 Å². The maximum atomic E-state index is 12.5. The van der Waals surface area contributed by atoms with Crippen LogP contribution >= 0.6 is 11.8 Å². The molecule has 0 radical (unpaired) electrons. The van der Waals surface area contributed by atoms with E-state index in [4.69, 9.17) is 5.73 Å². The van der Waals surface area contributed by atoms with Gasteiger partial charge in [-0.3, -0.25) is 4.79 Å². The fraction of sp³-hybridized carbons (Fsp3) is 0.533. The van der Waals surface area contributed by atoms with Crippen molar-refractivity contribution >= 4 is 23.4 Å². The number of nitrogens with zero attached hydrogens (tertiary/aromatic N) is 1. The van der Waals surface area contributed by atoms with E-state index in [1.54, 1.807) is 0 Å². The molecule has 1 aliphatic rings. The number of nitrogen functional groups attached to an aromatic ring is 1. The number of rotatable bonds is 1. The first-order chi connectivity index (χ1) is 8.89. The van der Waals surface area contributed by atoms with Gasteiger partial charge in [-0.25, -0.2) is 0 Å². The molecule has 0 unspecified atom stereocenters. The van der Waals surface area contributed by atoms with Gasteiger partial charge in [0.1, 0.15) is 0 Å². The largest absolute Gasteiger partial charge is 0.399 e. The average Bonchev–Trinajstić information content (AvgIpc) is 2.53. The molecule has 3 nitrogen and oxygen atoms in total. The topological polar surface area (TPSA) is 46.3 Å². The standard InChI is InChI=1S/C15H22N2OS/c1-11-10-12(4-5-13(11)16)14(18)17-7-6-15(2,3)19-9-8-17/h4-5,10H,6-9,16H2,1-3H3. The summed E-state index contributed by atoms with van der Waals surface area (Å²) in [4.78, 5) is 14.5. The molecular formula is C15H22N2OS. The zero-order valence-electron chi connectivity index (χ0n) is 11.9. The van der Waals surface area contributed by atoms with Crippen LogP contribution in [0.5, 0.6) is 0 Å². The van der Waals surface area contributed by atoms with E-state index in [2.05, 4.69) is 13.8 Å². The Labute approximate surface area is 119 Å². The first-order valence-electron chi connectivity index (χ1n) is 6.68. The molecule has 1 heterocycles. The van der Waals surface area contributed by atoms with E-state index in [-0.39, 0.29) is 10.7 Å². The molecule has 19 heavy (non-hydrogen) atoms. The van der Waals surface area contributed by atoms with Crippen molar-refractivity contribution in [3.05, 3.63) is 29.3 Å². The summed E-state index contributed by atoms with van der Waals surface area (Å²) >= 11 is 1.95. The van der Waals surface area contributed by atoms with Gasteiger partial charge in [0, 0.05) is 34.8 Å². The first-order valence-corrected chi connectivity index (χ1v) is 7.67. The maximum Gasteiger partial charge on any atom is 0.253 e. The molecule has 104 valence electrons. The number of carbonyl (C=O) groups is 1. The number of amides is 1. The van der Waals surface area contributed by atoms with Crippen molar-refractivity contribution in [1.82, 2.24) is 4.90 Å². The highest BCUT2D eigenvalue weighted by atomic mass is 32.2. The van der Waals surface area contributed by atoms with E-state index < -0.39 is 0 Å². The van der Waals surface area contributed by atoms with E-state index in [1.165, 1.54) is 0 Å². The maximum absolute atomic E-state index is 12.5. The lowest BCUT2D eigenvalue weighted by molar-refractivity contribution is 0.0764. The predicted octanol–water partition coefficient (Wildman–Crippen LogP) is 2.93. The van der Waals surface area contributed by atoms with Gasteiger partial charge in [-0.05, 0) is 37.1 Å². The normalized spacial score (nSPS) is 19.0. The minimum absolute atomic E-state index is 0.126. The number of aryl methyl sites for hydroxylation is 1. The van der Waals surface area contributed by atoms with Gasteiger partial charge in [0.15, 0.2) is 0 Å². The van der Waals surface area contributed by atoms with Crippen LogP contribution in [-0.4, -0.2) is 34.4 Å². The van der Waals surface area contributed by atoms with Crippen LogP contribution in [0.25, 0.3) is 0 Å². The highest BCUT2D eigenvalue weighted by Crippen LogP contribution is 2.31. The molecular weight excluding hydrogens is 256 g/mol. The van der Waals surface area contributed by atoms with Crippen LogP contribution < -0.4 is 5.73 Å². The lowest BCUT2D eigenvalue weighted by Gasteiger charge is -2.23. The van der Waals surface area contributed by atoms with Gasteiger partial charge >= 0.3 is 0 Å². The average molecular weight is 278 g/mol. The van der Waals surface area contributed by atoms with Gasteiger partial charge in [-0.2, -0.15) is 11.8 Å². The Morgan fingerprint density at radius 1 is 1.37 bits per heavy atom. The second kappa shape index (κ2) is 5.45. The molecule has 0 spiro atoms. The lowest BCUT2D eigenvalue weighted by Crippen LogP contribution is -2.33. The summed E-state index contributed by atoms with van der Waals surface area (Å²) in [6.07, 6.45) is 1.04. The predicted molar refractivity (Wildman–Crippen MR) is 82.6 cm³/mol. The Hall–Kier alpha value is -1.16. The van der Waals surface area contributed by atoms with Gasteiger partial charge < -0.3 is 10.6 Å². The highest BCUT2D eigenvalue weighted by Gasteiger charge is 2.26. The van der Waals surface area contributed by atoms with Gasteiger partial charge in [-0.1, -0.05) is 13.8 Å². The second-order valence-electron chi connectivity index (χ2n) is 5.72. The van der Waals surface area contributed by atoms with Crippen molar-refractivity contribution in [2.45, 2.75) is 31.9 Å². The number of nitrogens with two attached hydrogens (primary N) is 1. The third-order valence-corrected chi connectivity index (χ3v) is 5.01. The van der Waals surface area contributed by atoms with Crippen molar-refractivity contribution in [2.24, 2.45) is 0 Å². The Balaban J connectivity index is 2.13. The lowest BCUT2D eigenvalue weighted by atomic mass is 10.1. The molecule has 1 saturated heterocycles. The molecule has 1 aliphatic heterocycles. The van der Waals surface area contributed by atoms with E-state index in [0.717, 1.165) is 42.1 Å². The van der Waals surface area contributed by atoms with Crippen molar-refractivity contribution in [3.63, 3.8) is 0 Å². The summed E-state index contributed by atoms with van der Waals surface area (Å²) < 4.78 is 0.270. The Morgan fingerprint density at radius 3 is 2.79 bits per heavy atom. The van der Waals surface area contributed by atoms with Gasteiger partial charge in [0.25, 0.3) is 5.91 Å². The molecule has 0 atom stereocenters. The SMILES string of the molecule is Cc1cc(C(=O)N2CCSC(C)(C)CC2)ccc1N. The molecule has 1 aromatic rings. The molecule has 2 rings (SSSR count). The summed E-state index contributed by atoms with van der Waals surface area (Å²) in [5, 5.41) is 0. The van der Waals surface area contributed by atoms with E-state index >= 15 is 0 Å². The number of anilines is 1. The summed E-state index contributed by atoms with van der Waals surface area (Å²) in [6, 6.07) is 5.54. The third-order valence-electron chi connectivity index (χ3n) is 3.64. The van der Waals surface area contributed by atoms with E-state index in [1.807, 2.05) is 41.8 Å². The van der Waals surface area contributed by atoms with Crippen LogP contribution in [0.15, 0.2) is 18.2 Å². The first kappa shape index (κ1) is 14.3. The fourth-order valence-corrected chi connectivity index (χ4v) is 3.31. The fourth-order valence-electron chi connectivity index (χ4n) is 2.21. The molecule has 0 bridgehead atoms. The monoisotopic (exact) mass is 278 g/mol. The molecule has 1 fully saturated rings. The van der Waals surface area contributed by atoms with Crippen LogP contribution in [0.4, 0.5) is 5.69 Å². The molecule has 0 aliphatic carbocycles. The molecule has 2 N–H and O–H groups in total. The van der Waals surface area contributed by atoms with Gasteiger partial charge in [0.05, 0.1) is 0 Å². The second-order valence-corrected chi connectivity index (χ2v) is 7.52. The number of carbonyl (C=O) groups excluding carboxylic acids is 1. The quantitative estimate of drug-likeness (QED) is 0.803. The minimum atomic E-state index is 0.126. The summed E-state index contributed by atoms with van der Waals surface area (Å²) in [7, 11) is 0. The van der Waals surface area contributed by atoms with Crippen molar-refractivity contribution in [2.75, 3.05) is 24.6 Å². The summed E-state index contributed by atoms with van der Waals surface area (Å²) in [6.45, 7) is 8.10. The minimum Gasteiger partial charge on any atom is -0.399 e. The van der Waals surface area contributed by atoms with Crippen molar-refractivity contribution in [3.8, 4) is 0 Å². The zero-order chi connectivity index (χ0) is 14.0. The number of benzene rings is 1. The summed E-state index contributed by atoms with van der Waals surface area (Å²) in [5.74, 6) is 1.13. The number of thioether (sulfide) groups is 1. The zero-order valence-corrected chi connectivity index (χ0v) is 12.7. The van der Waals surface area contributed by atoms with Crippen molar-refractivity contribution < 1.29 is 4.79 Å². The molecule has 0 saturated carbocycles. The van der Waals surface area contributed by atoms with Crippen LogP contribution in [-0.2, 0) is 0 Å². The molecule has 4 heteroatoms. The molecule has 1 amide bonds. The number of hydrogen-bond acceptors (Lipinski definition) is 3. The Bertz CT molecular complexity index is 485.